The number of aryl methyl sites for hydroxylation is 1. The fraction of sp³-hybridized carbons (Fsp3) is 0.286. The maximum absolute atomic E-state index is 12.9. The quantitative estimate of drug-likeness (QED) is 0.590. The highest BCUT2D eigenvalue weighted by Gasteiger charge is 2.40. The Morgan fingerprint density at radius 1 is 1.14 bits per heavy atom. The van der Waals surface area contributed by atoms with Crippen molar-refractivity contribution in [3.63, 3.8) is 0 Å². The molecule has 1 atom stereocenters. The number of rotatable bonds is 5. The van der Waals surface area contributed by atoms with Gasteiger partial charge in [0.1, 0.15) is 16.7 Å². The van der Waals surface area contributed by atoms with Gasteiger partial charge < -0.3 is 4.42 Å². The van der Waals surface area contributed by atoms with Crippen LogP contribution in [0, 0.1) is 6.92 Å². The molecular formula is C21H20N4O3S. The van der Waals surface area contributed by atoms with Crippen molar-refractivity contribution in [1.82, 2.24) is 15.2 Å². The molecule has 3 aromatic rings. The van der Waals surface area contributed by atoms with Crippen molar-refractivity contribution in [3.05, 3.63) is 53.9 Å². The molecule has 0 saturated carbocycles. The molecule has 1 fully saturated rings. The number of imide groups is 1. The van der Waals surface area contributed by atoms with Gasteiger partial charge in [-0.05, 0) is 42.7 Å². The smallest absolute Gasteiger partial charge is 0.247 e. The van der Waals surface area contributed by atoms with Gasteiger partial charge in [-0.15, -0.1) is 5.10 Å². The average Bonchev–Trinajstić information content (AvgIpc) is 3.25. The second-order valence-electron chi connectivity index (χ2n) is 7.16. The Bertz CT molecular complexity index is 1060. The highest BCUT2D eigenvalue weighted by molar-refractivity contribution is 8.00. The lowest BCUT2D eigenvalue weighted by atomic mass is 10.0. The number of aromatic nitrogens is 3. The predicted octanol–water partition coefficient (Wildman–Crippen LogP) is 3.99. The zero-order valence-corrected chi connectivity index (χ0v) is 17.1. The molecule has 2 amide bonds. The first-order valence-corrected chi connectivity index (χ1v) is 10.2. The summed E-state index contributed by atoms with van der Waals surface area (Å²) in [6.45, 7) is 6.04. The number of nitrogens with zero attached hydrogens (tertiary/aromatic N) is 4. The van der Waals surface area contributed by atoms with Crippen LogP contribution in [-0.4, -0.2) is 32.2 Å². The molecule has 3 heterocycles. The molecule has 1 saturated heterocycles. The van der Waals surface area contributed by atoms with Gasteiger partial charge in [0.15, 0.2) is 5.76 Å². The standard InChI is InChI=1S/C21H20N4O3S/c1-12(2)14-5-7-15(8-6-14)25-19(26)10-18(20(25)27)29-21-23-16(11-22-24-21)17-9-4-13(3)28-17/h4-9,11-12,18H,10H2,1-3H3. The largest absolute Gasteiger partial charge is 0.460 e. The van der Waals surface area contributed by atoms with Gasteiger partial charge in [-0.25, -0.2) is 9.88 Å². The van der Waals surface area contributed by atoms with Gasteiger partial charge >= 0.3 is 0 Å². The molecule has 0 bridgehead atoms. The Morgan fingerprint density at radius 2 is 1.90 bits per heavy atom. The van der Waals surface area contributed by atoms with E-state index >= 15 is 0 Å². The Labute approximate surface area is 172 Å². The first kappa shape index (κ1) is 19.3. The van der Waals surface area contributed by atoms with E-state index in [2.05, 4.69) is 29.0 Å². The minimum absolute atomic E-state index is 0.100. The summed E-state index contributed by atoms with van der Waals surface area (Å²) >= 11 is 1.15. The summed E-state index contributed by atoms with van der Waals surface area (Å²) in [5, 5.41) is 7.71. The second kappa shape index (κ2) is 7.79. The van der Waals surface area contributed by atoms with Gasteiger partial charge in [0.25, 0.3) is 0 Å². The van der Waals surface area contributed by atoms with Crippen molar-refractivity contribution in [2.75, 3.05) is 4.90 Å². The molecule has 1 unspecified atom stereocenters. The fourth-order valence-electron chi connectivity index (χ4n) is 3.13. The lowest BCUT2D eigenvalue weighted by Gasteiger charge is -2.16. The number of amides is 2. The lowest BCUT2D eigenvalue weighted by molar-refractivity contribution is -0.121. The fourth-order valence-corrected chi connectivity index (χ4v) is 4.06. The van der Waals surface area contributed by atoms with E-state index in [0.717, 1.165) is 23.1 Å². The number of carbonyl (C=O) groups is 2. The molecule has 0 N–H and O–H groups in total. The van der Waals surface area contributed by atoms with Crippen LogP contribution >= 0.6 is 11.8 Å². The molecular weight excluding hydrogens is 388 g/mol. The Balaban J connectivity index is 1.52. The Hall–Kier alpha value is -3.00. The van der Waals surface area contributed by atoms with Crippen LogP contribution in [0.5, 0.6) is 0 Å². The number of anilines is 1. The van der Waals surface area contributed by atoms with Crippen molar-refractivity contribution in [2.45, 2.75) is 43.5 Å². The van der Waals surface area contributed by atoms with E-state index < -0.39 is 5.25 Å². The van der Waals surface area contributed by atoms with Crippen LogP contribution in [0.4, 0.5) is 5.69 Å². The van der Waals surface area contributed by atoms with Crippen LogP contribution in [-0.2, 0) is 9.59 Å². The van der Waals surface area contributed by atoms with Crippen LogP contribution in [0.3, 0.4) is 0 Å². The number of hydrogen-bond acceptors (Lipinski definition) is 7. The molecule has 29 heavy (non-hydrogen) atoms. The molecule has 2 aromatic heterocycles. The molecule has 1 aromatic carbocycles. The SMILES string of the molecule is Cc1ccc(-c2cnnc(SC3CC(=O)N(c4ccc(C(C)C)cc4)C3=O)n2)o1. The topological polar surface area (TPSA) is 89.2 Å². The minimum atomic E-state index is -0.581. The number of furan rings is 1. The number of thioether (sulfide) groups is 1. The zero-order valence-electron chi connectivity index (χ0n) is 16.3. The van der Waals surface area contributed by atoms with Crippen LogP contribution < -0.4 is 4.90 Å². The molecule has 7 nitrogen and oxygen atoms in total. The van der Waals surface area contributed by atoms with E-state index in [9.17, 15) is 9.59 Å². The number of hydrogen-bond donors (Lipinski definition) is 0. The van der Waals surface area contributed by atoms with Crippen molar-refractivity contribution < 1.29 is 14.0 Å². The van der Waals surface area contributed by atoms with E-state index in [1.54, 1.807) is 6.07 Å². The van der Waals surface area contributed by atoms with Gasteiger partial charge in [0, 0.05) is 6.42 Å². The lowest BCUT2D eigenvalue weighted by Crippen LogP contribution is -2.31. The average molecular weight is 408 g/mol. The predicted molar refractivity (Wildman–Crippen MR) is 110 cm³/mol. The maximum atomic E-state index is 12.9. The highest BCUT2D eigenvalue weighted by atomic mass is 32.2. The van der Waals surface area contributed by atoms with E-state index in [1.165, 1.54) is 11.1 Å². The van der Waals surface area contributed by atoms with E-state index in [1.807, 2.05) is 37.3 Å². The summed E-state index contributed by atoms with van der Waals surface area (Å²) in [6.07, 6.45) is 1.61. The van der Waals surface area contributed by atoms with Crippen molar-refractivity contribution in [1.29, 1.82) is 0 Å². The summed E-state index contributed by atoms with van der Waals surface area (Å²) in [5.74, 6) is 1.24. The number of carbonyl (C=O) groups excluding carboxylic acids is 2. The van der Waals surface area contributed by atoms with E-state index in [4.69, 9.17) is 4.42 Å². The number of benzene rings is 1. The minimum Gasteiger partial charge on any atom is -0.460 e. The van der Waals surface area contributed by atoms with Gasteiger partial charge in [0.2, 0.25) is 17.0 Å². The summed E-state index contributed by atoms with van der Waals surface area (Å²) in [7, 11) is 0. The van der Waals surface area contributed by atoms with Crippen LogP contribution in [0.2, 0.25) is 0 Å². The summed E-state index contributed by atoms with van der Waals surface area (Å²) < 4.78 is 5.57. The molecule has 148 valence electrons. The first-order chi connectivity index (χ1) is 13.9. The van der Waals surface area contributed by atoms with Crippen molar-refractivity contribution in [3.8, 4) is 11.5 Å². The highest BCUT2D eigenvalue weighted by Crippen LogP contribution is 2.33. The second-order valence-corrected chi connectivity index (χ2v) is 8.33. The third kappa shape index (κ3) is 3.93. The summed E-state index contributed by atoms with van der Waals surface area (Å²) in [4.78, 5) is 31.1. The molecule has 0 radical (unpaired) electrons. The van der Waals surface area contributed by atoms with Gasteiger partial charge in [0.05, 0.1) is 11.9 Å². The summed E-state index contributed by atoms with van der Waals surface area (Å²) in [5.41, 5.74) is 2.28. The van der Waals surface area contributed by atoms with Gasteiger partial charge in [-0.1, -0.05) is 37.7 Å². The maximum Gasteiger partial charge on any atom is 0.247 e. The molecule has 0 spiro atoms. The Morgan fingerprint density at radius 3 is 2.55 bits per heavy atom. The monoisotopic (exact) mass is 408 g/mol. The Kier molecular flexibility index (Phi) is 5.19. The van der Waals surface area contributed by atoms with Crippen LogP contribution in [0.15, 0.2) is 52.2 Å². The zero-order chi connectivity index (χ0) is 20.5. The van der Waals surface area contributed by atoms with Gasteiger partial charge in [-0.2, -0.15) is 5.10 Å². The molecule has 8 heteroatoms. The molecule has 1 aliphatic heterocycles. The van der Waals surface area contributed by atoms with Gasteiger partial charge in [-0.3, -0.25) is 9.59 Å². The van der Waals surface area contributed by atoms with Crippen LogP contribution in [0.1, 0.15) is 37.5 Å². The third-order valence-electron chi connectivity index (χ3n) is 4.70. The molecule has 0 aliphatic carbocycles. The van der Waals surface area contributed by atoms with E-state index in [-0.39, 0.29) is 18.2 Å². The third-order valence-corrected chi connectivity index (χ3v) is 5.74. The molecule has 4 rings (SSSR count). The van der Waals surface area contributed by atoms with Crippen molar-refractivity contribution in [2.24, 2.45) is 0 Å². The first-order valence-electron chi connectivity index (χ1n) is 9.32. The van der Waals surface area contributed by atoms with Crippen LogP contribution in [0.25, 0.3) is 11.5 Å². The van der Waals surface area contributed by atoms with Crippen molar-refractivity contribution >= 4 is 29.3 Å². The summed E-state index contributed by atoms with van der Waals surface area (Å²) in [6, 6.07) is 11.2. The van der Waals surface area contributed by atoms with E-state index in [0.29, 0.717) is 28.2 Å². The normalized spacial score (nSPS) is 16.8. The molecule has 1 aliphatic rings.